The molecule has 0 saturated heterocycles. The topological polar surface area (TPSA) is 185 Å². The summed E-state index contributed by atoms with van der Waals surface area (Å²) >= 11 is 0. The predicted octanol–water partition coefficient (Wildman–Crippen LogP) is 2.22. The van der Waals surface area contributed by atoms with Crippen LogP contribution in [0.15, 0.2) is 77.0 Å². The van der Waals surface area contributed by atoms with Crippen molar-refractivity contribution < 1.29 is 29.1 Å². The molecule has 1 aliphatic rings. The summed E-state index contributed by atoms with van der Waals surface area (Å²) in [5.41, 5.74) is 0.446. The lowest BCUT2D eigenvalue weighted by molar-refractivity contribution is -0.146. The van der Waals surface area contributed by atoms with Crippen LogP contribution in [0, 0.1) is 5.92 Å². The Morgan fingerprint density at radius 1 is 1.05 bits per heavy atom. The third kappa shape index (κ3) is 6.95. The summed E-state index contributed by atoms with van der Waals surface area (Å²) < 4.78 is 0. The van der Waals surface area contributed by atoms with E-state index in [4.69, 9.17) is 10.7 Å². The average Bonchev–Trinajstić information content (AvgIpc) is 3.40. The van der Waals surface area contributed by atoms with Crippen molar-refractivity contribution in [2.75, 3.05) is 0 Å². The number of oxime groups is 1. The molecule has 42 heavy (non-hydrogen) atoms. The molecular weight excluding hydrogens is 540 g/mol. The van der Waals surface area contributed by atoms with Gasteiger partial charge in [0, 0.05) is 18.2 Å². The second-order valence-corrected chi connectivity index (χ2v) is 10.4. The third-order valence-electron chi connectivity index (χ3n) is 6.92. The number of hydrogen-bond donors (Lipinski definition) is 4. The first-order valence-electron chi connectivity index (χ1n) is 13.4. The van der Waals surface area contributed by atoms with E-state index in [1.807, 2.05) is 62.4 Å². The van der Waals surface area contributed by atoms with Gasteiger partial charge in [0.2, 0.25) is 5.60 Å². The number of fused-ring (bicyclic) bond motifs is 1. The van der Waals surface area contributed by atoms with E-state index in [2.05, 4.69) is 25.9 Å². The zero-order chi connectivity index (χ0) is 30.3. The number of carboxylic acids is 1. The summed E-state index contributed by atoms with van der Waals surface area (Å²) in [4.78, 5) is 61.2. The van der Waals surface area contributed by atoms with Crippen LogP contribution in [-0.2, 0) is 25.6 Å². The van der Waals surface area contributed by atoms with E-state index in [1.165, 1.54) is 0 Å². The first kappa shape index (κ1) is 29.8. The Kier molecular flexibility index (Phi) is 9.25. The number of nitrogens with two attached hydrogens (primary N) is 1. The third-order valence-corrected chi connectivity index (χ3v) is 6.92. The van der Waals surface area contributed by atoms with Crippen molar-refractivity contribution in [1.82, 2.24) is 15.6 Å². The summed E-state index contributed by atoms with van der Waals surface area (Å²) in [7, 11) is 0. The molecule has 2 aromatic carbocycles. The normalized spacial score (nSPS) is 17.8. The summed E-state index contributed by atoms with van der Waals surface area (Å²) in [6.45, 7) is 3.79. The Balaban J connectivity index is 1.59. The molecule has 1 aromatic heterocycles. The maximum atomic E-state index is 13.8. The molecule has 218 valence electrons. The summed E-state index contributed by atoms with van der Waals surface area (Å²) in [5.74, 6) is 1.70. The van der Waals surface area contributed by atoms with Crippen molar-refractivity contribution >= 4 is 46.4 Å². The highest BCUT2D eigenvalue weighted by Gasteiger charge is 2.49. The van der Waals surface area contributed by atoms with Crippen LogP contribution in [0.4, 0.5) is 0 Å². The van der Waals surface area contributed by atoms with Gasteiger partial charge in [-0.25, -0.2) is 4.98 Å². The van der Waals surface area contributed by atoms with E-state index >= 15 is 0 Å². The number of amides is 2. The molecule has 3 aromatic rings. The Morgan fingerprint density at radius 2 is 1.76 bits per heavy atom. The number of nitrogens with zero attached hydrogens (tertiary/aromatic N) is 3. The monoisotopic (exact) mass is 572 g/mol. The van der Waals surface area contributed by atoms with Gasteiger partial charge in [-0.1, -0.05) is 73.6 Å². The fraction of sp³-hybridized carbons (Fsp3) is 0.300. The number of nitrogens with one attached hydrogen (secondary N) is 2. The largest absolute Gasteiger partial charge is 0.481 e. The maximum absolute atomic E-state index is 13.8. The van der Waals surface area contributed by atoms with Gasteiger partial charge in [0.05, 0.1) is 29.9 Å². The predicted molar refractivity (Wildman–Crippen MR) is 156 cm³/mol. The van der Waals surface area contributed by atoms with Gasteiger partial charge in [0.1, 0.15) is 11.7 Å². The van der Waals surface area contributed by atoms with Crippen LogP contribution in [0.25, 0.3) is 10.9 Å². The first-order valence-corrected chi connectivity index (χ1v) is 13.4. The van der Waals surface area contributed by atoms with Crippen LogP contribution >= 0.6 is 0 Å². The molecule has 12 nitrogen and oxygen atoms in total. The van der Waals surface area contributed by atoms with Crippen molar-refractivity contribution in [2.45, 2.75) is 50.8 Å². The highest BCUT2D eigenvalue weighted by atomic mass is 16.7. The van der Waals surface area contributed by atoms with E-state index in [0.717, 1.165) is 17.2 Å². The molecule has 0 bridgehead atoms. The van der Waals surface area contributed by atoms with Gasteiger partial charge < -0.3 is 26.4 Å². The number of carboxylic acid groups (broad SMARTS) is 1. The molecule has 5 N–H and O–H groups in total. The van der Waals surface area contributed by atoms with E-state index in [-0.39, 0.29) is 24.5 Å². The van der Waals surface area contributed by atoms with Crippen LogP contribution in [0.5, 0.6) is 0 Å². The number of rotatable bonds is 12. The number of aromatic nitrogens is 1. The van der Waals surface area contributed by atoms with Gasteiger partial charge in [-0.05, 0) is 23.6 Å². The standard InChI is InChI=1S/C30H32N6O6/c1-18(2)27(35-28(40)22-13-12-20-10-6-7-11-21(20)33-22)24-16-30(42-36-24,15-19-8-4-3-5-9-19)29(41)34-23(14-26(38)39)25(37)17-32-31/h3-13,17-18,23,27H,14-16,31H2,1-2H3,(H,34,41)(H,35,40)(H,38,39)/t23-,27-,30?/m0/s1. The maximum Gasteiger partial charge on any atom is 0.305 e. The van der Waals surface area contributed by atoms with E-state index < -0.39 is 47.7 Å². The minimum atomic E-state index is -1.62. The smallest absolute Gasteiger partial charge is 0.305 e. The lowest BCUT2D eigenvalue weighted by atomic mass is 9.84. The van der Waals surface area contributed by atoms with Gasteiger partial charge in [0.15, 0.2) is 5.78 Å². The molecule has 4 rings (SSSR count). The van der Waals surface area contributed by atoms with Crippen molar-refractivity contribution in [3.63, 3.8) is 0 Å². The molecule has 1 aliphatic heterocycles. The number of benzene rings is 2. The molecular formula is C30H32N6O6. The molecule has 12 heteroatoms. The number of para-hydroxylation sites is 1. The van der Waals surface area contributed by atoms with Crippen LogP contribution in [-0.4, -0.2) is 63.3 Å². The Labute approximate surface area is 242 Å². The fourth-order valence-corrected chi connectivity index (χ4v) is 4.79. The van der Waals surface area contributed by atoms with Crippen molar-refractivity contribution in [2.24, 2.45) is 22.0 Å². The second-order valence-electron chi connectivity index (χ2n) is 10.4. The summed E-state index contributed by atoms with van der Waals surface area (Å²) in [5, 5.41) is 23.1. The van der Waals surface area contributed by atoms with Crippen molar-refractivity contribution in [1.29, 1.82) is 0 Å². The highest BCUT2D eigenvalue weighted by molar-refractivity contribution is 6.30. The molecule has 0 radical (unpaired) electrons. The molecule has 3 atom stereocenters. The van der Waals surface area contributed by atoms with Gasteiger partial charge >= 0.3 is 5.97 Å². The van der Waals surface area contributed by atoms with Crippen LogP contribution in [0.2, 0.25) is 0 Å². The van der Waals surface area contributed by atoms with Crippen LogP contribution in [0.3, 0.4) is 0 Å². The highest BCUT2D eigenvalue weighted by Crippen LogP contribution is 2.31. The SMILES string of the molecule is CC(C)[C@H](NC(=O)c1ccc2ccccc2n1)C1=NOC(Cc2ccccc2)(C(=O)N[C@@H](CC(=O)O)C(=O)C=NN)C1. The number of carbonyl (C=O) groups excluding carboxylic acids is 3. The summed E-state index contributed by atoms with van der Waals surface area (Å²) in [6.07, 6.45) is 0.104. The van der Waals surface area contributed by atoms with Crippen molar-refractivity contribution in [3.8, 4) is 0 Å². The molecule has 0 spiro atoms. The van der Waals surface area contributed by atoms with E-state index in [0.29, 0.717) is 11.2 Å². The van der Waals surface area contributed by atoms with Gasteiger partial charge in [-0.15, -0.1) is 0 Å². The molecule has 0 aliphatic carbocycles. The zero-order valence-electron chi connectivity index (χ0n) is 23.2. The number of aliphatic carboxylic acids is 1. The zero-order valence-corrected chi connectivity index (χ0v) is 23.2. The number of hydrazone groups is 1. The number of pyridine rings is 1. The van der Waals surface area contributed by atoms with Gasteiger partial charge in [-0.3, -0.25) is 19.2 Å². The minimum absolute atomic E-state index is 0.0268. The number of hydrogen-bond acceptors (Lipinski definition) is 9. The number of ketones is 1. The number of Topliss-reactive ketones (excluding diaryl/α,β-unsaturated/α-hetero) is 1. The van der Waals surface area contributed by atoms with E-state index in [1.54, 1.807) is 18.2 Å². The first-order chi connectivity index (χ1) is 20.1. The van der Waals surface area contributed by atoms with Gasteiger partial charge in [0.25, 0.3) is 11.8 Å². The minimum Gasteiger partial charge on any atom is -0.481 e. The lowest BCUT2D eigenvalue weighted by Crippen LogP contribution is -2.55. The Hall–Kier alpha value is -5.13. The molecule has 0 fully saturated rings. The quantitative estimate of drug-likeness (QED) is 0.145. The average molecular weight is 573 g/mol. The Bertz CT molecular complexity index is 1540. The summed E-state index contributed by atoms with van der Waals surface area (Å²) in [6, 6.07) is 17.9. The van der Waals surface area contributed by atoms with E-state index in [9.17, 15) is 24.3 Å². The molecule has 0 saturated carbocycles. The molecule has 2 heterocycles. The van der Waals surface area contributed by atoms with Crippen molar-refractivity contribution in [3.05, 3.63) is 78.0 Å². The van der Waals surface area contributed by atoms with Crippen LogP contribution in [0.1, 0.15) is 42.7 Å². The van der Waals surface area contributed by atoms with Crippen LogP contribution < -0.4 is 16.5 Å². The molecule has 2 amide bonds. The number of carbonyl (C=O) groups is 4. The fourth-order valence-electron chi connectivity index (χ4n) is 4.79. The second kappa shape index (κ2) is 13.0. The Morgan fingerprint density at radius 3 is 2.45 bits per heavy atom. The van der Waals surface area contributed by atoms with Gasteiger partial charge in [-0.2, -0.15) is 5.10 Å². The molecule has 1 unspecified atom stereocenters. The lowest BCUT2D eigenvalue weighted by Gasteiger charge is -2.28.